The molecule has 0 fully saturated rings. The van der Waals surface area contributed by atoms with E-state index in [4.69, 9.17) is 10.5 Å². The number of rotatable bonds is 14. The zero-order valence-electron chi connectivity index (χ0n) is 24.5. The maximum absolute atomic E-state index is 14.1. The van der Waals surface area contributed by atoms with E-state index in [1.165, 1.54) is 4.90 Å². The Labute approximate surface area is 228 Å². The Morgan fingerprint density at radius 2 is 1.68 bits per heavy atom. The van der Waals surface area contributed by atoms with Crippen LogP contribution >= 0.6 is 0 Å². The third-order valence-electron chi connectivity index (χ3n) is 6.07. The van der Waals surface area contributed by atoms with Crippen LogP contribution in [-0.4, -0.2) is 52.9 Å². The molecule has 0 radical (unpaired) electrons. The maximum atomic E-state index is 14.1. The largest absolute Gasteiger partial charge is 0.444 e. The maximum Gasteiger partial charge on any atom is 0.408 e. The monoisotopic (exact) mass is 532 g/mol. The van der Waals surface area contributed by atoms with Gasteiger partial charge < -0.3 is 26.0 Å². The van der Waals surface area contributed by atoms with Crippen LogP contribution in [0.15, 0.2) is 18.2 Å². The number of nitrogens with zero attached hydrogens (tertiary/aromatic N) is 1. The number of carbonyl (C=O) groups excluding carboxylic acids is 4. The molecule has 0 aromatic heterocycles. The van der Waals surface area contributed by atoms with Crippen molar-refractivity contribution in [3.63, 3.8) is 0 Å². The molecule has 1 aromatic carbocycles. The molecule has 9 heteroatoms. The number of aryl methyl sites for hydroxylation is 2. The van der Waals surface area contributed by atoms with Crippen LogP contribution in [0.1, 0.15) is 103 Å². The van der Waals surface area contributed by atoms with E-state index in [-0.39, 0.29) is 18.5 Å². The molecule has 214 valence electrons. The Bertz CT molecular complexity index is 957. The lowest BCUT2D eigenvalue weighted by Gasteiger charge is -2.35. The second-order valence-corrected chi connectivity index (χ2v) is 11.1. The first-order valence-corrected chi connectivity index (χ1v) is 13.7. The van der Waals surface area contributed by atoms with Crippen molar-refractivity contribution in [2.45, 2.75) is 118 Å². The summed E-state index contributed by atoms with van der Waals surface area (Å²) in [4.78, 5) is 53.8. The van der Waals surface area contributed by atoms with Gasteiger partial charge in [0.25, 0.3) is 0 Å². The van der Waals surface area contributed by atoms with Gasteiger partial charge in [0.05, 0.1) is 6.42 Å². The molecule has 4 N–H and O–H groups in total. The molecule has 0 saturated heterocycles. The summed E-state index contributed by atoms with van der Waals surface area (Å²) >= 11 is 0. The molecule has 1 aromatic rings. The van der Waals surface area contributed by atoms with Crippen molar-refractivity contribution in [3.8, 4) is 0 Å². The third kappa shape index (κ3) is 11.1. The van der Waals surface area contributed by atoms with Crippen LogP contribution in [-0.2, 0) is 19.1 Å². The van der Waals surface area contributed by atoms with Gasteiger partial charge in [-0.1, -0.05) is 56.9 Å². The van der Waals surface area contributed by atoms with Crippen molar-refractivity contribution in [2.24, 2.45) is 5.73 Å². The number of hydrogen-bond acceptors (Lipinski definition) is 5. The molecule has 0 aliphatic rings. The smallest absolute Gasteiger partial charge is 0.408 e. The Balaban J connectivity index is 3.58. The topological polar surface area (TPSA) is 131 Å². The van der Waals surface area contributed by atoms with Gasteiger partial charge in [0, 0.05) is 12.6 Å². The number of carbonyl (C=O) groups is 4. The average Bonchev–Trinajstić information content (AvgIpc) is 2.77. The molecule has 1 rings (SSSR count). The molecule has 0 spiro atoms. The van der Waals surface area contributed by atoms with Crippen LogP contribution in [0, 0.1) is 13.8 Å². The van der Waals surface area contributed by atoms with Gasteiger partial charge in [0.2, 0.25) is 17.7 Å². The Hall–Kier alpha value is -3.10. The Kier molecular flexibility index (Phi) is 13.3. The predicted octanol–water partition coefficient (Wildman–Crippen LogP) is 4.44. The first kappa shape index (κ1) is 32.9. The van der Waals surface area contributed by atoms with Crippen LogP contribution in [0.5, 0.6) is 0 Å². The highest BCUT2D eigenvalue weighted by Crippen LogP contribution is 2.27. The lowest BCUT2D eigenvalue weighted by molar-refractivity contribution is -0.143. The second kappa shape index (κ2) is 15.3. The highest BCUT2D eigenvalue weighted by atomic mass is 16.6. The fourth-order valence-corrected chi connectivity index (χ4v) is 4.36. The summed E-state index contributed by atoms with van der Waals surface area (Å²) in [6.45, 7) is 15.3. The van der Waals surface area contributed by atoms with E-state index in [9.17, 15) is 19.2 Å². The van der Waals surface area contributed by atoms with Crippen LogP contribution in [0.2, 0.25) is 0 Å². The molecule has 0 heterocycles. The summed E-state index contributed by atoms with van der Waals surface area (Å²) in [5.74, 6) is -1.62. The highest BCUT2D eigenvalue weighted by molar-refractivity contribution is 5.94. The van der Waals surface area contributed by atoms with Crippen molar-refractivity contribution < 1.29 is 23.9 Å². The van der Waals surface area contributed by atoms with Crippen molar-refractivity contribution in [2.75, 3.05) is 6.54 Å². The summed E-state index contributed by atoms with van der Waals surface area (Å²) in [5, 5.41) is 5.58. The summed E-state index contributed by atoms with van der Waals surface area (Å²) in [6, 6.07) is 3.43. The summed E-state index contributed by atoms with van der Waals surface area (Å²) in [7, 11) is 0. The lowest BCUT2D eigenvalue weighted by Crippen LogP contribution is -2.54. The average molecular weight is 533 g/mol. The third-order valence-corrected chi connectivity index (χ3v) is 6.07. The van der Waals surface area contributed by atoms with Gasteiger partial charge >= 0.3 is 6.09 Å². The van der Waals surface area contributed by atoms with Crippen LogP contribution < -0.4 is 16.4 Å². The molecular formula is C29H48N4O5. The Morgan fingerprint density at radius 1 is 1.03 bits per heavy atom. The lowest BCUT2D eigenvalue weighted by atomic mass is 9.95. The quantitative estimate of drug-likeness (QED) is 0.305. The minimum Gasteiger partial charge on any atom is -0.444 e. The number of ether oxygens (including phenoxy) is 1. The molecule has 0 bridgehead atoms. The first-order chi connectivity index (χ1) is 17.7. The number of amides is 4. The van der Waals surface area contributed by atoms with Crippen LogP contribution in [0.3, 0.4) is 0 Å². The minimum absolute atomic E-state index is 0.0883. The van der Waals surface area contributed by atoms with E-state index < -0.39 is 42.0 Å². The standard InChI is InChI=1S/C29H48N4O5/c1-9-11-12-16-33(27(36)23(18-24(30)34)32-28(37)38-29(6,7)8)25(26(35)31-21(5)13-10-2)22-15-14-19(3)17-20(22)4/h14-15,17,21,23,25H,9-13,16,18H2,1-8H3,(H2,30,34)(H,31,35)(H,32,37). The number of unbranched alkanes of at least 4 members (excludes halogenated alkanes) is 2. The van der Waals surface area contributed by atoms with Gasteiger partial charge in [0.1, 0.15) is 17.7 Å². The molecule has 4 amide bonds. The number of nitrogens with one attached hydrogen (secondary N) is 2. The van der Waals surface area contributed by atoms with E-state index in [0.717, 1.165) is 36.8 Å². The van der Waals surface area contributed by atoms with Crippen molar-refractivity contribution in [1.29, 1.82) is 0 Å². The number of hydrogen-bond donors (Lipinski definition) is 3. The molecule has 0 aliphatic heterocycles. The van der Waals surface area contributed by atoms with Gasteiger partial charge in [0.15, 0.2) is 0 Å². The SMILES string of the molecule is CCCCCN(C(=O)C(CC(N)=O)NC(=O)OC(C)(C)C)C(C(=O)NC(C)CCC)c1ccc(C)cc1C. The summed E-state index contributed by atoms with van der Waals surface area (Å²) in [6.07, 6.45) is 2.84. The van der Waals surface area contributed by atoms with E-state index in [1.807, 2.05) is 52.8 Å². The number of nitrogens with two attached hydrogens (primary N) is 1. The molecule has 3 atom stereocenters. The van der Waals surface area contributed by atoms with Crippen molar-refractivity contribution >= 4 is 23.8 Å². The van der Waals surface area contributed by atoms with Crippen LogP contribution in [0.25, 0.3) is 0 Å². The van der Waals surface area contributed by atoms with Crippen LogP contribution in [0.4, 0.5) is 4.79 Å². The number of primary amides is 1. The van der Waals surface area contributed by atoms with E-state index >= 15 is 0 Å². The van der Waals surface area contributed by atoms with Gasteiger partial charge in [-0.15, -0.1) is 0 Å². The summed E-state index contributed by atoms with van der Waals surface area (Å²) in [5.41, 5.74) is 7.25. The van der Waals surface area contributed by atoms with Gasteiger partial charge in [-0.3, -0.25) is 14.4 Å². The van der Waals surface area contributed by atoms with Gasteiger partial charge in [-0.25, -0.2) is 4.79 Å². The fourth-order valence-electron chi connectivity index (χ4n) is 4.36. The second-order valence-electron chi connectivity index (χ2n) is 11.1. The van der Waals surface area contributed by atoms with Crippen molar-refractivity contribution in [3.05, 3.63) is 34.9 Å². The van der Waals surface area contributed by atoms with Gasteiger partial charge in [-0.05, 0) is 65.5 Å². The fraction of sp³-hybridized carbons (Fsp3) is 0.655. The highest BCUT2D eigenvalue weighted by Gasteiger charge is 2.37. The van der Waals surface area contributed by atoms with Gasteiger partial charge in [-0.2, -0.15) is 0 Å². The Morgan fingerprint density at radius 3 is 2.21 bits per heavy atom. The normalized spacial score (nSPS) is 13.7. The molecule has 0 aliphatic carbocycles. The number of alkyl carbamates (subject to hydrolysis) is 1. The summed E-state index contributed by atoms with van der Waals surface area (Å²) < 4.78 is 5.33. The van der Waals surface area contributed by atoms with Crippen molar-refractivity contribution in [1.82, 2.24) is 15.5 Å². The molecular weight excluding hydrogens is 484 g/mol. The zero-order valence-corrected chi connectivity index (χ0v) is 24.5. The molecule has 38 heavy (non-hydrogen) atoms. The molecule has 0 saturated carbocycles. The minimum atomic E-state index is -1.28. The van der Waals surface area contributed by atoms with E-state index in [1.54, 1.807) is 20.8 Å². The molecule has 3 unspecified atom stereocenters. The molecule has 9 nitrogen and oxygen atoms in total. The zero-order chi connectivity index (χ0) is 29.0. The number of benzene rings is 1. The van der Waals surface area contributed by atoms with E-state index in [0.29, 0.717) is 12.0 Å². The predicted molar refractivity (Wildman–Crippen MR) is 149 cm³/mol. The first-order valence-electron chi connectivity index (χ1n) is 13.7. The van der Waals surface area contributed by atoms with E-state index in [2.05, 4.69) is 10.6 Å².